The van der Waals surface area contributed by atoms with Crippen LogP contribution >= 0.6 is 0 Å². The van der Waals surface area contributed by atoms with Crippen molar-refractivity contribution in [1.29, 1.82) is 0 Å². The molecule has 3 rings (SSSR count). The summed E-state index contributed by atoms with van der Waals surface area (Å²) in [5, 5.41) is 7.63. The highest BCUT2D eigenvalue weighted by atomic mass is 32.2. The van der Waals surface area contributed by atoms with Crippen LogP contribution in [0.4, 0.5) is 8.78 Å². The predicted molar refractivity (Wildman–Crippen MR) is 79.4 cm³/mol. The number of aromatic nitrogens is 2. The standard InChI is InChI=1S/C14H16F2N4O3S/c1-10-17-18-14(23-10)9-19-4-6-20(7-5-19)24(21,22)13-8-11(15)2-3-12(13)16/h2-3,8H,4-7,9H2,1H3. The molecule has 0 atom stereocenters. The van der Waals surface area contributed by atoms with E-state index in [1.54, 1.807) is 6.92 Å². The van der Waals surface area contributed by atoms with Gasteiger partial charge in [0.15, 0.2) is 0 Å². The highest BCUT2D eigenvalue weighted by molar-refractivity contribution is 7.89. The predicted octanol–water partition coefficient (Wildman–Crippen LogP) is 1.16. The molecule has 1 saturated heterocycles. The minimum atomic E-state index is -4.07. The van der Waals surface area contributed by atoms with Gasteiger partial charge in [0.25, 0.3) is 0 Å². The zero-order valence-electron chi connectivity index (χ0n) is 12.9. The van der Waals surface area contributed by atoms with Gasteiger partial charge in [0.1, 0.15) is 16.5 Å². The van der Waals surface area contributed by atoms with Crippen LogP contribution in [0.2, 0.25) is 0 Å². The molecule has 1 aromatic heterocycles. The van der Waals surface area contributed by atoms with E-state index >= 15 is 0 Å². The number of aryl methyl sites for hydroxylation is 1. The van der Waals surface area contributed by atoms with E-state index in [-0.39, 0.29) is 13.1 Å². The van der Waals surface area contributed by atoms with Crippen molar-refractivity contribution in [3.8, 4) is 0 Å². The van der Waals surface area contributed by atoms with E-state index in [0.29, 0.717) is 37.5 Å². The highest BCUT2D eigenvalue weighted by Crippen LogP contribution is 2.22. The molecule has 0 spiro atoms. The second-order valence-electron chi connectivity index (χ2n) is 5.47. The Labute approximate surface area is 137 Å². The number of hydrogen-bond acceptors (Lipinski definition) is 6. The van der Waals surface area contributed by atoms with E-state index in [1.807, 2.05) is 4.90 Å². The van der Waals surface area contributed by atoms with Crippen molar-refractivity contribution in [2.24, 2.45) is 0 Å². The average Bonchev–Trinajstić information content (AvgIpc) is 2.95. The van der Waals surface area contributed by atoms with Crippen LogP contribution in [0.1, 0.15) is 11.8 Å². The lowest BCUT2D eigenvalue weighted by Crippen LogP contribution is -2.48. The van der Waals surface area contributed by atoms with Gasteiger partial charge in [0.05, 0.1) is 6.54 Å². The summed E-state index contributed by atoms with van der Waals surface area (Å²) < 4.78 is 58.5. The summed E-state index contributed by atoms with van der Waals surface area (Å²) >= 11 is 0. The van der Waals surface area contributed by atoms with Gasteiger partial charge in [-0.05, 0) is 18.2 Å². The van der Waals surface area contributed by atoms with Crippen LogP contribution in [0.5, 0.6) is 0 Å². The van der Waals surface area contributed by atoms with Gasteiger partial charge in [-0.15, -0.1) is 10.2 Å². The van der Waals surface area contributed by atoms with Gasteiger partial charge < -0.3 is 4.42 Å². The van der Waals surface area contributed by atoms with Gasteiger partial charge in [0.2, 0.25) is 21.8 Å². The molecule has 1 aromatic carbocycles. The van der Waals surface area contributed by atoms with E-state index < -0.39 is 26.6 Å². The van der Waals surface area contributed by atoms with Gasteiger partial charge >= 0.3 is 0 Å². The van der Waals surface area contributed by atoms with Crippen molar-refractivity contribution in [2.45, 2.75) is 18.4 Å². The van der Waals surface area contributed by atoms with Gasteiger partial charge in [-0.3, -0.25) is 4.90 Å². The Hall–Kier alpha value is -1.91. The molecule has 0 amide bonds. The Morgan fingerprint density at radius 1 is 1.17 bits per heavy atom. The molecule has 0 N–H and O–H groups in total. The lowest BCUT2D eigenvalue weighted by Gasteiger charge is -2.33. The van der Waals surface area contributed by atoms with Crippen LogP contribution in [0.3, 0.4) is 0 Å². The van der Waals surface area contributed by atoms with Crippen LogP contribution < -0.4 is 0 Å². The fraction of sp³-hybridized carbons (Fsp3) is 0.429. The second-order valence-corrected chi connectivity index (χ2v) is 7.38. The molecule has 1 aliphatic heterocycles. The zero-order chi connectivity index (χ0) is 17.3. The lowest BCUT2D eigenvalue weighted by atomic mass is 10.3. The van der Waals surface area contributed by atoms with Crippen molar-refractivity contribution >= 4 is 10.0 Å². The van der Waals surface area contributed by atoms with Gasteiger partial charge in [-0.1, -0.05) is 0 Å². The summed E-state index contributed by atoms with van der Waals surface area (Å²) in [6, 6.07) is 2.41. The molecule has 7 nitrogen and oxygen atoms in total. The first-order chi connectivity index (χ1) is 11.4. The third-order valence-corrected chi connectivity index (χ3v) is 5.68. The maximum atomic E-state index is 13.8. The number of halogens is 2. The highest BCUT2D eigenvalue weighted by Gasteiger charge is 2.31. The minimum absolute atomic E-state index is 0.172. The van der Waals surface area contributed by atoms with E-state index in [1.165, 1.54) is 0 Å². The minimum Gasteiger partial charge on any atom is -0.424 e. The maximum Gasteiger partial charge on any atom is 0.246 e. The average molecular weight is 358 g/mol. The molecule has 10 heteroatoms. The normalized spacial score (nSPS) is 17.3. The molecule has 2 heterocycles. The van der Waals surface area contributed by atoms with Crippen molar-refractivity contribution in [1.82, 2.24) is 19.4 Å². The van der Waals surface area contributed by atoms with Crippen LogP contribution in [0.15, 0.2) is 27.5 Å². The Bertz CT molecular complexity index is 832. The number of rotatable bonds is 4. The fourth-order valence-corrected chi connectivity index (χ4v) is 4.03. The summed E-state index contributed by atoms with van der Waals surface area (Å²) in [5.74, 6) is -0.826. The van der Waals surface area contributed by atoms with Crippen LogP contribution in [-0.2, 0) is 16.6 Å². The van der Waals surface area contributed by atoms with Crippen molar-refractivity contribution < 1.29 is 21.6 Å². The SMILES string of the molecule is Cc1nnc(CN2CCN(S(=O)(=O)c3cc(F)ccc3F)CC2)o1. The van der Waals surface area contributed by atoms with Crippen molar-refractivity contribution in [3.05, 3.63) is 41.6 Å². The molecular weight excluding hydrogens is 342 g/mol. The van der Waals surface area contributed by atoms with E-state index in [4.69, 9.17) is 4.42 Å². The topological polar surface area (TPSA) is 79.5 Å². The number of sulfonamides is 1. The van der Waals surface area contributed by atoms with Crippen LogP contribution in [0, 0.1) is 18.6 Å². The van der Waals surface area contributed by atoms with Crippen LogP contribution in [-0.4, -0.2) is 54.0 Å². The smallest absolute Gasteiger partial charge is 0.246 e. The molecule has 1 fully saturated rings. The molecule has 24 heavy (non-hydrogen) atoms. The molecule has 2 aromatic rings. The number of piperazine rings is 1. The maximum absolute atomic E-state index is 13.8. The van der Waals surface area contributed by atoms with Gasteiger partial charge in [-0.25, -0.2) is 17.2 Å². The quantitative estimate of drug-likeness (QED) is 0.816. The zero-order valence-corrected chi connectivity index (χ0v) is 13.8. The number of nitrogens with zero attached hydrogens (tertiary/aromatic N) is 4. The number of hydrogen-bond donors (Lipinski definition) is 0. The third-order valence-electron chi connectivity index (χ3n) is 3.77. The summed E-state index contributed by atoms with van der Waals surface area (Å²) in [6.07, 6.45) is 0. The Balaban J connectivity index is 1.68. The first-order valence-corrected chi connectivity index (χ1v) is 8.77. The summed E-state index contributed by atoms with van der Waals surface area (Å²) in [5.41, 5.74) is 0. The molecule has 0 unspecified atom stereocenters. The van der Waals surface area contributed by atoms with E-state index in [0.717, 1.165) is 16.4 Å². The molecule has 0 radical (unpaired) electrons. The first kappa shape index (κ1) is 16.9. The molecular formula is C14H16F2N4O3S. The molecule has 130 valence electrons. The largest absolute Gasteiger partial charge is 0.424 e. The molecule has 0 saturated carbocycles. The summed E-state index contributed by atoms with van der Waals surface area (Å²) in [6.45, 7) is 3.31. The second kappa shape index (κ2) is 6.54. The van der Waals surface area contributed by atoms with Gasteiger partial charge in [-0.2, -0.15) is 4.31 Å². The van der Waals surface area contributed by atoms with E-state index in [2.05, 4.69) is 10.2 Å². The van der Waals surface area contributed by atoms with E-state index in [9.17, 15) is 17.2 Å². The lowest BCUT2D eigenvalue weighted by molar-refractivity contribution is 0.167. The van der Waals surface area contributed by atoms with Crippen molar-refractivity contribution in [2.75, 3.05) is 26.2 Å². The Kier molecular flexibility index (Phi) is 4.61. The van der Waals surface area contributed by atoms with Crippen molar-refractivity contribution in [3.63, 3.8) is 0 Å². The monoisotopic (exact) mass is 358 g/mol. The Morgan fingerprint density at radius 3 is 2.50 bits per heavy atom. The van der Waals surface area contributed by atoms with Crippen LogP contribution in [0.25, 0.3) is 0 Å². The summed E-state index contributed by atoms with van der Waals surface area (Å²) in [7, 11) is -4.07. The first-order valence-electron chi connectivity index (χ1n) is 7.33. The fourth-order valence-electron chi connectivity index (χ4n) is 2.53. The third kappa shape index (κ3) is 3.45. The molecule has 0 bridgehead atoms. The Morgan fingerprint density at radius 2 is 1.88 bits per heavy atom. The number of benzene rings is 1. The molecule has 0 aliphatic carbocycles. The summed E-state index contributed by atoms with van der Waals surface area (Å²) in [4.78, 5) is 1.32. The van der Waals surface area contributed by atoms with Gasteiger partial charge in [0, 0.05) is 33.1 Å². The molecule has 1 aliphatic rings.